The second-order valence-electron chi connectivity index (χ2n) is 7.16. The van der Waals surface area contributed by atoms with Gasteiger partial charge in [-0.3, -0.25) is 4.99 Å². The third-order valence-electron chi connectivity index (χ3n) is 5.16. The molecule has 31 heavy (non-hydrogen) atoms. The average Bonchev–Trinajstić information content (AvgIpc) is 3.09. The number of imidazole rings is 1. The number of aryl methyl sites for hydroxylation is 2. The summed E-state index contributed by atoms with van der Waals surface area (Å²) in [4.78, 5) is 11.1. The Morgan fingerprint density at radius 3 is 2.65 bits per heavy atom. The van der Waals surface area contributed by atoms with Gasteiger partial charge in [0.2, 0.25) is 0 Å². The van der Waals surface area contributed by atoms with E-state index in [4.69, 9.17) is 9.47 Å². The van der Waals surface area contributed by atoms with Crippen LogP contribution in [0.1, 0.15) is 17.8 Å². The molecule has 0 aliphatic carbocycles. The van der Waals surface area contributed by atoms with Crippen molar-refractivity contribution in [1.82, 2.24) is 19.8 Å². The Labute approximate surface area is 201 Å². The Hall–Kier alpha value is -2.49. The molecule has 3 rings (SSSR count). The number of aromatic nitrogens is 2. The zero-order valence-electron chi connectivity index (χ0n) is 18.9. The number of hydrogen-bond donors (Lipinski definition) is 1. The largest absolute Gasteiger partial charge is 0.497 e. The molecule has 0 spiro atoms. The van der Waals surface area contributed by atoms with E-state index in [1.54, 1.807) is 21.3 Å². The van der Waals surface area contributed by atoms with Crippen LogP contribution in [0.2, 0.25) is 0 Å². The Balaban J connectivity index is 0.00000341. The van der Waals surface area contributed by atoms with Gasteiger partial charge in [0.1, 0.15) is 17.3 Å². The van der Waals surface area contributed by atoms with Crippen LogP contribution < -0.4 is 14.8 Å². The molecule has 0 atom stereocenters. The van der Waals surface area contributed by atoms with Gasteiger partial charge in [-0.2, -0.15) is 0 Å². The monoisotopic (exact) mass is 537 g/mol. The van der Waals surface area contributed by atoms with Crippen molar-refractivity contribution in [2.45, 2.75) is 26.4 Å². The van der Waals surface area contributed by atoms with E-state index in [2.05, 4.69) is 49.9 Å². The molecule has 0 bridgehead atoms. The summed E-state index contributed by atoms with van der Waals surface area (Å²) in [6.45, 7) is 4.47. The zero-order valence-corrected chi connectivity index (χ0v) is 21.2. The van der Waals surface area contributed by atoms with Gasteiger partial charge in [-0.15, -0.1) is 24.0 Å². The third kappa shape index (κ3) is 6.03. The first kappa shape index (κ1) is 24.8. The summed E-state index contributed by atoms with van der Waals surface area (Å²) in [5.41, 5.74) is 3.30. The molecule has 0 saturated heterocycles. The first-order chi connectivity index (χ1) is 14.6. The number of para-hydroxylation sites is 2. The van der Waals surface area contributed by atoms with Crippen LogP contribution in [-0.2, 0) is 13.1 Å². The van der Waals surface area contributed by atoms with Gasteiger partial charge in [0.05, 0.1) is 25.3 Å². The number of rotatable bonds is 8. The predicted octanol–water partition coefficient (Wildman–Crippen LogP) is 4.08. The van der Waals surface area contributed by atoms with Gasteiger partial charge in [-0.25, -0.2) is 4.98 Å². The van der Waals surface area contributed by atoms with Gasteiger partial charge in [0.25, 0.3) is 0 Å². The van der Waals surface area contributed by atoms with Crippen molar-refractivity contribution in [2.24, 2.45) is 4.99 Å². The number of benzene rings is 2. The fourth-order valence-electron chi connectivity index (χ4n) is 3.61. The van der Waals surface area contributed by atoms with Crippen molar-refractivity contribution in [3.63, 3.8) is 0 Å². The van der Waals surface area contributed by atoms with Crippen molar-refractivity contribution >= 4 is 41.0 Å². The fourth-order valence-corrected chi connectivity index (χ4v) is 3.61. The molecule has 0 saturated carbocycles. The molecule has 0 aliphatic rings. The van der Waals surface area contributed by atoms with Crippen molar-refractivity contribution in [1.29, 1.82) is 0 Å². The molecular weight excluding hydrogens is 505 g/mol. The molecule has 0 fully saturated rings. The van der Waals surface area contributed by atoms with E-state index in [0.29, 0.717) is 6.54 Å². The lowest BCUT2D eigenvalue weighted by molar-refractivity contribution is 0.382. The molecule has 1 N–H and O–H groups in total. The maximum Gasteiger partial charge on any atom is 0.193 e. The molecule has 1 aromatic heterocycles. The molecule has 0 radical (unpaired) electrons. The van der Waals surface area contributed by atoms with Crippen LogP contribution in [-0.4, -0.2) is 55.3 Å². The summed E-state index contributed by atoms with van der Waals surface area (Å²) in [5, 5.41) is 3.46. The zero-order chi connectivity index (χ0) is 21.5. The standard InChI is InChI=1S/C23H31N5O2.HI/c1-17-26-20-9-6-7-10-21(20)28(17)14-8-13-25-23(24-2)27(3)16-18-11-12-19(29-4)15-22(18)30-5;/h6-7,9-12,15H,8,13-14,16H2,1-5H3,(H,24,25);1H. The van der Waals surface area contributed by atoms with Crippen molar-refractivity contribution < 1.29 is 9.47 Å². The van der Waals surface area contributed by atoms with Gasteiger partial charge >= 0.3 is 0 Å². The lowest BCUT2D eigenvalue weighted by Crippen LogP contribution is -2.39. The molecule has 8 heteroatoms. The highest BCUT2D eigenvalue weighted by molar-refractivity contribution is 14.0. The maximum absolute atomic E-state index is 5.51. The second kappa shape index (κ2) is 11.8. The van der Waals surface area contributed by atoms with Gasteiger partial charge in [-0.1, -0.05) is 12.1 Å². The minimum absolute atomic E-state index is 0. The number of aliphatic imine (C=N–C) groups is 1. The number of hydrogen-bond acceptors (Lipinski definition) is 4. The molecule has 0 unspecified atom stereocenters. The van der Waals surface area contributed by atoms with E-state index in [-0.39, 0.29) is 24.0 Å². The highest BCUT2D eigenvalue weighted by Crippen LogP contribution is 2.25. The quantitative estimate of drug-likeness (QED) is 0.203. The number of nitrogens with zero attached hydrogens (tertiary/aromatic N) is 4. The van der Waals surface area contributed by atoms with Crippen molar-refractivity contribution in [2.75, 3.05) is 34.9 Å². The topological polar surface area (TPSA) is 63.9 Å². The summed E-state index contributed by atoms with van der Waals surface area (Å²) in [5.74, 6) is 3.48. The highest BCUT2D eigenvalue weighted by Gasteiger charge is 2.11. The molecule has 0 aliphatic heterocycles. The van der Waals surface area contributed by atoms with E-state index in [0.717, 1.165) is 53.9 Å². The Kier molecular flexibility index (Phi) is 9.42. The minimum atomic E-state index is 0. The third-order valence-corrected chi connectivity index (χ3v) is 5.16. The molecule has 3 aromatic rings. The van der Waals surface area contributed by atoms with Crippen LogP contribution in [0.25, 0.3) is 11.0 Å². The maximum atomic E-state index is 5.51. The Morgan fingerprint density at radius 1 is 1.16 bits per heavy atom. The smallest absolute Gasteiger partial charge is 0.193 e. The SMILES string of the molecule is CN=C(NCCCn1c(C)nc2ccccc21)N(C)Cc1ccc(OC)cc1OC.I. The molecule has 1 heterocycles. The summed E-state index contributed by atoms with van der Waals surface area (Å²) in [6.07, 6.45) is 0.972. The molecule has 0 amide bonds. The van der Waals surface area contributed by atoms with Crippen molar-refractivity contribution in [3.05, 3.63) is 53.9 Å². The van der Waals surface area contributed by atoms with Gasteiger partial charge in [-0.05, 0) is 37.6 Å². The minimum Gasteiger partial charge on any atom is -0.497 e. The van der Waals surface area contributed by atoms with E-state index >= 15 is 0 Å². The van der Waals surface area contributed by atoms with Crippen LogP contribution in [0.5, 0.6) is 11.5 Å². The summed E-state index contributed by atoms with van der Waals surface area (Å²) in [6, 6.07) is 14.1. The molecule has 2 aromatic carbocycles. The van der Waals surface area contributed by atoms with Crippen LogP contribution in [0.15, 0.2) is 47.5 Å². The van der Waals surface area contributed by atoms with Crippen molar-refractivity contribution in [3.8, 4) is 11.5 Å². The van der Waals surface area contributed by atoms with E-state index in [9.17, 15) is 0 Å². The van der Waals surface area contributed by atoms with Crippen LogP contribution in [0.4, 0.5) is 0 Å². The number of ether oxygens (including phenoxy) is 2. The van der Waals surface area contributed by atoms with Gasteiger partial charge in [0.15, 0.2) is 5.96 Å². The molecular formula is C23H32IN5O2. The lowest BCUT2D eigenvalue weighted by atomic mass is 10.2. The average molecular weight is 537 g/mol. The van der Waals surface area contributed by atoms with E-state index < -0.39 is 0 Å². The first-order valence-corrected chi connectivity index (χ1v) is 10.1. The number of nitrogens with one attached hydrogen (secondary N) is 1. The number of methoxy groups -OCH3 is 2. The van der Waals surface area contributed by atoms with Gasteiger partial charge in [0, 0.05) is 45.4 Å². The number of guanidine groups is 1. The van der Waals surface area contributed by atoms with Crippen LogP contribution in [0, 0.1) is 6.92 Å². The lowest BCUT2D eigenvalue weighted by Gasteiger charge is -2.23. The first-order valence-electron chi connectivity index (χ1n) is 10.1. The summed E-state index contributed by atoms with van der Waals surface area (Å²) >= 11 is 0. The number of halogens is 1. The fraction of sp³-hybridized carbons (Fsp3) is 0.391. The summed E-state index contributed by atoms with van der Waals surface area (Å²) in [7, 11) is 7.15. The number of fused-ring (bicyclic) bond motifs is 1. The molecule has 7 nitrogen and oxygen atoms in total. The highest BCUT2D eigenvalue weighted by atomic mass is 127. The van der Waals surface area contributed by atoms with E-state index in [1.807, 2.05) is 31.3 Å². The Morgan fingerprint density at radius 2 is 1.94 bits per heavy atom. The Bertz CT molecular complexity index is 1020. The second-order valence-corrected chi connectivity index (χ2v) is 7.16. The van der Waals surface area contributed by atoms with Crippen LogP contribution in [0.3, 0.4) is 0 Å². The molecule has 168 valence electrons. The van der Waals surface area contributed by atoms with Crippen LogP contribution >= 0.6 is 24.0 Å². The predicted molar refractivity (Wildman–Crippen MR) is 137 cm³/mol. The normalized spacial score (nSPS) is 11.2. The summed E-state index contributed by atoms with van der Waals surface area (Å²) < 4.78 is 13.1. The van der Waals surface area contributed by atoms with E-state index in [1.165, 1.54) is 5.52 Å². The van der Waals surface area contributed by atoms with Gasteiger partial charge < -0.3 is 24.3 Å².